The van der Waals surface area contributed by atoms with Crippen LogP contribution in [-0.4, -0.2) is 56.7 Å². The van der Waals surface area contributed by atoms with Gasteiger partial charge in [0, 0.05) is 18.2 Å². The van der Waals surface area contributed by atoms with Crippen LogP contribution in [0.25, 0.3) is 5.69 Å². The Morgan fingerprint density at radius 1 is 1.38 bits per heavy atom. The molecule has 3 rings (SSSR count). The number of nitrogens with zero attached hydrogens (tertiary/aromatic N) is 5. The zero-order valence-corrected chi connectivity index (χ0v) is 14.2. The number of hydrogen-bond donors (Lipinski definition) is 1. The summed E-state index contributed by atoms with van der Waals surface area (Å²) in [5.74, 6) is 0.749. The predicted molar refractivity (Wildman–Crippen MR) is 90.9 cm³/mol. The van der Waals surface area contributed by atoms with Gasteiger partial charge >= 0.3 is 0 Å². The van der Waals surface area contributed by atoms with Crippen molar-refractivity contribution >= 4 is 5.91 Å². The van der Waals surface area contributed by atoms with Crippen molar-refractivity contribution in [3.8, 4) is 5.69 Å². The Labute approximate surface area is 142 Å². The quantitative estimate of drug-likeness (QED) is 0.900. The van der Waals surface area contributed by atoms with E-state index in [1.54, 1.807) is 12.1 Å². The van der Waals surface area contributed by atoms with E-state index in [4.69, 9.17) is 0 Å². The molecule has 128 valence electrons. The van der Waals surface area contributed by atoms with Gasteiger partial charge in [0.15, 0.2) is 0 Å². The molecule has 1 aromatic carbocycles. The smallest absolute Gasteiger partial charge is 0.251 e. The molecule has 1 aliphatic heterocycles. The molecule has 1 aliphatic rings. The Bertz CT molecular complexity index is 663. The lowest BCUT2D eigenvalue weighted by molar-refractivity contribution is 0.0921. The Morgan fingerprint density at radius 2 is 2.17 bits per heavy atom. The van der Waals surface area contributed by atoms with Gasteiger partial charge in [-0.15, -0.1) is 5.10 Å². The standard InChI is InChI=1S/C17H24N6O/c1-13-6-8-22(9-7-13)14(2)11-18-17(24)15-4-3-5-16(10-15)23-12-19-20-21-23/h3-5,10,12-14H,6-9,11H2,1-2H3,(H,18,24). The van der Waals surface area contributed by atoms with Crippen LogP contribution < -0.4 is 5.32 Å². The minimum absolute atomic E-state index is 0.0675. The third-order valence-electron chi connectivity index (χ3n) is 4.72. The second kappa shape index (κ2) is 7.53. The molecule has 24 heavy (non-hydrogen) atoms. The number of amides is 1. The Hall–Kier alpha value is -2.28. The third kappa shape index (κ3) is 3.97. The van der Waals surface area contributed by atoms with Crippen LogP contribution in [0, 0.1) is 5.92 Å². The van der Waals surface area contributed by atoms with E-state index in [1.807, 2.05) is 12.1 Å². The number of benzene rings is 1. The number of rotatable bonds is 5. The van der Waals surface area contributed by atoms with Gasteiger partial charge in [0.05, 0.1) is 5.69 Å². The summed E-state index contributed by atoms with van der Waals surface area (Å²) in [5.41, 5.74) is 1.38. The summed E-state index contributed by atoms with van der Waals surface area (Å²) < 4.78 is 1.54. The van der Waals surface area contributed by atoms with Crippen LogP contribution in [0.1, 0.15) is 37.0 Å². The molecular formula is C17H24N6O. The summed E-state index contributed by atoms with van der Waals surface area (Å²) in [5, 5.41) is 14.1. The summed E-state index contributed by atoms with van der Waals surface area (Å²) in [6.45, 7) is 7.37. The number of carbonyl (C=O) groups excluding carboxylic acids is 1. The van der Waals surface area contributed by atoms with Crippen molar-refractivity contribution in [2.45, 2.75) is 32.7 Å². The van der Waals surface area contributed by atoms with Gasteiger partial charge in [0.1, 0.15) is 6.33 Å². The summed E-state index contributed by atoms with van der Waals surface area (Å²) in [6.07, 6.45) is 4.00. The van der Waals surface area contributed by atoms with Crippen LogP contribution >= 0.6 is 0 Å². The first-order valence-electron chi connectivity index (χ1n) is 8.49. The van der Waals surface area contributed by atoms with E-state index in [-0.39, 0.29) is 5.91 Å². The molecule has 1 unspecified atom stereocenters. The van der Waals surface area contributed by atoms with Gasteiger partial charge in [-0.1, -0.05) is 13.0 Å². The summed E-state index contributed by atoms with van der Waals surface area (Å²) in [6, 6.07) is 7.64. The van der Waals surface area contributed by atoms with E-state index in [0.717, 1.165) is 24.7 Å². The number of nitrogens with one attached hydrogen (secondary N) is 1. The third-order valence-corrected chi connectivity index (χ3v) is 4.72. The summed E-state index contributed by atoms with van der Waals surface area (Å²) >= 11 is 0. The minimum Gasteiger partial charge on any atom is -0.350 e. The average Bonchev–Trinajstić information content (AvgIpc) is 3.15. The fourth-order valence-corrected chi connectivity index (χ4v) is 3.01. The summed E-state index contributed by atoms with van der Waals surface area (Å²) in [7, 11) is 0. The molecule has 2 heterocycles. The van der Waals surface area contributed by atoms with Crippen molar-refractivity contribution in [1.29, 1.82) is 0 Å². The molecule has 7 heteroatoms. The van der Waals surface area contributed by atoms with Gasteiger partial charge in [-0.25, -0.2) is 4.68 Å². The molecule has 1 aromatic heterocycles. The maximum atomic E-state index is 12.4. The van der Waals surface area contributed by atoms with Gasteiger partial charge in [-0.05, 0) is 67.4 Å². The monoisotopic (exact) mass is 328 g/mol. The molecule has 2 aromatic rings. The highest BCUT2D eigenvalue weighted by molar-refractivity contribution is 5.94. The van der Waals surface area contributed by atoms with Crippen molar-refractivity contribution in [2.75, 3.05) is 19.6 Å². The van der Waals surface area contributed by atoms with Crippen LogP contribution in [0.4, 0.5) is 0 Å². The number of aromatic nitrogens is 4. The SMILES string of the molecule is CC1CCN(C(C)CNC(=O)c2cccc(-n3cnnn3)c2)CC1. The first-order valence-corrected chi connectivity index (χ1v) is 8.49. The van der Waals surface area contributed by atoms with Gasteiger partial charge in [-0.3, -0.25) is 9.69 Å². The molecule has 1 amide bonds. The van der Waals surface area contributed by atoms with Crippen LogP contribution in [0.2, 0.25) is 0 Å². The van der Waals surface area contributed by atoms with Gasteiger partial charge in [0.25, 0.3) is 5.91 Å². The normalized spacial score (nSPS) is 17.6. The maximum Gasteiger partial charge on any atom is 0.251 e. The van der Waals surface area contributed by atoms with Crippen LogP contribution in [-0.2, 0) is 0 Å². The lowest BCUT2D eigenvalue weighted by Crippen LogP contribution is -2.45. The zero-order chi connectivity index (χ0) is 16.9. The highest BCUT2D eigenvalue weighted by Gasteiger charge is 2.20. The molecule has 1 saturated heterocycles. The number of piperidine rings is 1. The second-order valence-corrected chi connectivity index (χ2v) is 6.58. The van der Waals surface area contributed by atoms with Gasteiger partial charge in [-0.2, -0.15) is 0 Å². The Kier molecular flexibility index (Phi) is 5.20. The topological polar surface area (TPSA) is 75.9 Å². The average molecular weight is 328 g/mol. The minimum atomic E-state index is -0.0675. The van der Waals surface area contributed by atoms with E-state index in [1.165, 1.54) is 23.9 Å². The maximum absolute atomic E-state index is 12.4. The molecule has 0 spiro atoms. The molecule has 7 nitrogen and oxygen atoms in total. The van der Waals surface area contributed by atoms with Crippen LogP contribution in [0.15, 0.2) is 30.6 Å². The predicted octanol–water partition coefficient (Wildman–Crippen LogP) is 1.51. The zero-order valence-electron chi connectivity index (χ0n) is 14.2. The van der Waals surface area contributed by atoms with Crippen molar-refractivity contribution in [2.24, 2.45) is 5.92 Å². The lowest BCUT2D eigenvalue weighted by atomic mass is 9.98. The number of hydrogen-bond acceptors (Lipinski definition) is 5. The lowest BCUT2D eigenvalue weighted by Gasteiger charge is -2.35. The van der Waals surface area contributed by atoms with Crippen LogP contribution in [0.3, 0.4) is 0 Å². The van der Waals surface area contributed by atoms with Crippen molar-refractivity contribution in [1.82, 2.24) is 30.4 Å². The Morgan fingerprint density at radius 3 is 2.88 bits per heavy atom. The first-order chi connectivity index (χ1) is 11.6. The molecule has 1 fully saturated rings. The largest absolute Gasteiger partial charge is 0.350 e. The Balaban J connectivity index is 1.56. The fourth-order valence-electron chi connectivity index (χ4n) is 3.01. The highest BCUT2D eigenvalue weighted by Crippen LogP contribution is 2.17. The first kappa shape index (κ1) is 16.6. The number of likely N-dealkylation sites (tertiary alicyclic amines) is 1. The van der Waals surface area contributed by atoms with E-state index in [0.29, 0.717) is 18.2 Å². The number of carbonyl (C=O) groups is 1. The molecule has 0 bridgehead atoms. The fraction of sp³-hybridized carbons (Fsp3) is 0.529. The van der Waals surface area contributed by atoms with Gasteiger partial charge < -0.3 is 5.32 Å². The van der Waals surface area contributed by atoms with E-state index in [2.05, 4.69) is 39.6 Å². The molecule has 0 saturated carbocycles. The van der Waals surface area contributed by atoms with Gasteiger partial charge in [0.2, 0.25) is 0 Å². The molecule has 0 radical (unpaired) electrons. The van der Waals surface area contributed by atoms with E-state index in [9.17, 15) is 4.79 Å². The molecular weight excluding hydrogens is 304 g/mol. The van der Waals surface area contributed by atoms with Crippen molar-refractivity contribution in [3.05, 3.63) is 36.2 Å². The van der Waals surface area contributed by atoms with Crippen molar-refractivity contribution < 1.29 is 4.79 Å². The molecule has 1 N–H and O–H groups in total. The molecule has 1 atom stereocenters. The molecule has 0 aliphatic carbocycles. The second-order valence-electron chi connectivity index (χ2n) is 6.58. The van der Waals surface area contributed by atoms with E-state index < -0.39 is 0 Å². The van der Waals surface area contributed by atoms with Crippen molar-refractivity contribution in [3.63, 3.8) is 0 Å². The highest BCUT2D eigenvalue weighted by atomic mass is 16.1. The number of tetrazole rings is 1. The van der Waals surface area contributed by atoms with E-state index >= 15 is 0 Å². The summed E-state index contributed by atoms with van der Waals surface area (Å²) in [4.78, 5) is 14.9. The van der Waals surface area contributed by atoms with Crippen LogP contribution in [0.5, 0.6) is 0 Å².